The van der Waals surface area contributed by atoms with Crippen molar-refractivity contribution in [1.82, 2.24) is 4.98 Å². The lowest BCUT2D eigenvalue weighted by Crippen LogP contribution is -2.29. The number of aryl methyl sites for hydroxylation is 1. The lowest BCUT2D eigenvalue weighted by molar-refractivity contribution is 0.124. The molecule has 0 saturated carbocycles. The predicted molar refractivity (Wildman–Crippen MR) is 76.5 cm³/mol. The molecule has 100 valence electrons. The van der Waals surface area contributed by atoms with E-state index in [0.29, 0.717) is 18.7 Å². The fourth-order valence-electron chi connectivity index (χ4n) is 1.76. The number of aromatic nitrogens is 1. The van der Waals surface area contributed by atoms with Gasteiger partial charge in [-0.15, -0.1) is 11.3 Å². The summed E-state index contributed by atoms with van der Waals surface area (Å²) in [5, 5.41) is 18.2. The molecule has 6 heteroatoms. The van der Waals surface area contributed by atoms with E-state index in [2.05, 4.69) is 4.98 Å². The Morgan fingerprint density at radius 3 is 2.89 bits per heavy atom. The minimum atomic E-state index is -1.43. The molecule has 0 radical (unpaired) electrons. The van der Waals surface area contributed by atoms with Gasteiger partial charge >= 0.3 is 7.12 Å². The van der Waals surface area contributed by atoms with Crippen LogP contribution in [0.5, 0.6) is 0 Å². The number of thiazole rings is 1. The topological polar surface area (TPSA) is 62.6 Å². The third-order valence-electron chi connectivity index (χ3n) is 2.84. The van der Waals surface area contributed by atoms with E-state index in [-0.39, 0.29) is 0 Å². The quantitative estimate of drug-likeness (QED) is 0.608. The van der Waals surface area contributed by atoms with E-state index in [0.717, 1.165) is 17.7 Å². The van der Waals surface area contributed by atoms with E-state index < -0.39 is 7.12 Å². The second kappa shape index (κ2) is 6.82. The Morgan fingerprint density at radius 2 is 2.21 bits per heavy atom. The van der Waals surface area contributed by atoms with Crippen LogP contribution in [0.15, 0.2) is 29.8 Å². The average Bonchev–Trinajstić information content (AvgIpc) is 2.81. The van der Waals surface area contributed by atoms with Crippen LogP contribution >= 0.6 is 11.3 Å². The molecule has 0 spiro atoms. The number of nitrogens with zero attached hydrogens (tertiary/aromatic N) is 1. The van der Waals surface area contributed by atoms with Crippen molar-refractivity contribution in [2.45, 2.75) is 20.0 Å². The van der Waals surface area contributed by atoms with Gasteiger partial charge in [0.1, 0.15) is 0 Å². The Bertz CT molecular complexity index is 530. The lowest BCUT2D eigenvalue weighted by Gasteiger charge is -2.06. The van der Waals surface area contributed by atoms with E-state index in [1.165, 1.54) is 4.88 Å². The smallest absolute Gasteiger partial charge is 0.423 e. The third-order valence-corrected chi connectivity index (χ3v) is 3.83. The molecule has 1 aromatic heterocycles. The van der Waals surface area contributed by atoms with Gasteiger partial charge in [-0.05, 0) is 17.9 Å². The van der Waals surface area contributed by atoms with Gasteiger partial charge in [0.05, 0.1) is 24.4 Å². The highest BCUT2D eigenvalue weighted by Gasteiger charge is 2.10. The van der Waals surface area contributed by atoms with Crippen LogP contribution in [0, 0.1) is 6.92 Å². The summed E-state index contributed by atoms with van der Waals surface area (Å²) in [6.45, 7) is 3.10. The maximum atomic E-state index is 9.08. The van der Waals surface area contributed by atoms with Crippen LogP contribution < -0.4 is 5.46 Å². The molecule has 2 rings (SSSR count). The summed E-state index contributed by atoms with van der Waals surface area (Å²) in [6.07, 6.45) is 0.860. The van der Waals surface area contributed by atoms with Crippen molar-refractivity contribution in [3.8, 4) is 0 Å². The molecule has 2 N–H and O–H groups in total. The molecule has 0 fully saturated rings. The molecular formula is C13H16BNO3S. The minimum Gasteiger partial charge on any atom is -0.423 e. The second-order valence-electron chi connectivity index (χ2n) is 4.28. The summed E-state index contributed by atoms with van der Waals surface area (Å²) in [5.41, 5.74) is 4.33. The highest BCUT2D eigenvalue weighted by molar-refractivity contribution is 7.09. The molecule has 0 unspecified atom stereocenters. The maximum absolute atomic E-state index is 9.08. The Morgan fingerprint density at radius 1 is 1.37 bits per heavy atom. The highest BCUT2D eigenvalue weighted by Crippen LogP contribution is 2.12. The second-order valence-corrected chi connectivity index (χ2v) is 5.22. The number of hydrogen-bond donors (Lipinski definition) is 2. The van der Waals surface area contributed by atoms with E-state index in [4.69, 9.17) is 14.8 Å². The van der Waals surface area contributed by atoms with Gasteiger partial charge in [0.25, 0.3) is 0 Å². The molecule has 0 atom stereocenters. The summed E-state index contributed by atoms with van der Waals surface area (Å²) < 4.78 is 5.60. The first-order chi connectivity index (χ1) is 9.16. The number of hydrogen-bond acceptors (Lipinski definition) is 5. The van der Waals surface area contributed by atoms with Crippen molar-refractivity contribution in [1.29, 1.82) is 0 Å². The first kappa shape index (κ1) is 14.2. The van der Waals surface area contributed by atoms with Crippen molar-refractivity contribution in [3.05, 3.63) is 45.9 Å². The van der Waals surface area contributed by atoms with Gasteiger partial charge in [-0.2, -0.15) is 0 Å². The number of benzene rings is 1. The van der Waals surface area contributed by atoms with Crippen LogP contribution in [-0.2, 0) is 17.8 Å². The van der Waals surface area contributed by atoms with Crippen molar-refractivity contribution in [2.75, 3.05) is 6.61 Å². The summed E-state index contributed by atoms with van der Waals surface area (Å²) in [4.78, 5) is 5.44. The third kappa shape index (κ3) is 4.14. The Balaban J connectivity index is 1.79. The van der Waals surface area contributed by atoms with Gasteiger partial charge in [0, 0.05) is 11.3 Å². The van der Waals surface area contributed by atoms with E-state index in [9.17, 15) is 0 Å². The van der Waals surface area contributed by atoms with Crippen molar-refractivity contribution in [3.63, 3.8) is 0 Å². The van der Waals surface area contributed by atoms with Crippen LogP contribution in [0.2, 0.25) is 0 Å². The van der Waals surface area contributed by atoms with Crippen LogP contribution in [0.4, 0.5) is 0 Å². The Labute approximate surface area is 116 Å². The molecule has 0 aliphatic rings. The molecule has 0 saturated heterocycles. The van der Waals surface area contributed by atoms with Crippen molar-refractivity contribution < 1.29 is 14.8 Å². The fraction of sp³-hybridized carbons (Fsp3) is 0.308. The zero-order valence-electron chi connectivity index (χ0n) is 10.7. The first-order valence-electron chi connectivity index (χ1n) is 6.08. The standard InChI is InChI=1S/C13H16BNO3S/c1-10-13(19-9-15-10)5-6-18-8-11-3-2-4-12(7-11)14(16)17/h2-4,7,9,16-17H,5-6,8H2,1H3. The van der Waals surface area contributed by atoms with E-state index >= 15 is 0 Å². The van der Waals surface area contributed by atoms with Gasteiger partial charge in [-0.1, -0.05) is 24.3 Å². The normalized spacial score (nSPS) is 10.7. The largest absolute Gasteiger partial charge is 0.488 e. The zero-order chi connectivity index (χ0) is 13.7. The van der Waals surface area contributed by atoms with E-state index in [1.54, 1.807) is 29.5 Å². The summed E-state index contributed by atoms with van der Waals surface area (Å²) in [5.74, 6) is 0. The fourth-order valence-corrected chi connectivity index (χ4v) is 2.53. The lowest BCUT2D eigenvalue weighted by atomic mass is 9.80. The van der Waals surface area contributed by atoms with Crippen LogP contribution in [0.1, 0.15) is 16.1 Å². The molecule has 19 heavy (non-hydrogen) atoms. The molecule has 0 aliphatic carbocycles. The number of rotatable bonds is 6. The van der Waals surface area contributed by atoms with Crippen molar-refractivity contribution >= 4 is 23.9 Å². The molecule has 0 amide bonds. The number of ether oxygens (including phenoxy) is 1. The molecule has 1 aromatic carbocycles. The molecular weight excluding hydrogens is 261 g/mol. The van der Waals surface area contributed by atoms with Crippen molar-refractivity contribution in [2.24, 2.45) is 0 Å². The van der Waals surface area contributed by atoms with Crippen LogP contribution in [0.3, 0.4) is 0 Å². The average molecular weight is 277 g/mol. The Kier molecular flexibility index (Phi) is 5.10. The van der Waals surface area contributed by atoms with Gasteiger partial charge in [-0.25, -0.2) is 4.98 Å². The SMILES string of the molecule is Cc1ncsc1CCOCc1cccc(B(O)O)c1. The summed E-state index contributed by atoms with van der Waals surface area (Å²) >= 11 is 1.64. The molecule has 0 aliphatic heterocycles. The molecule has 4 nitrogen and oxygen atoms in total. The van der Waals surface area contributed by atoms with Gasteiger partial charge in [-0.3, -0.25) is 0 Å². The first-order valence-corrected chi connectivity index (χ1v) is 6.96. The highest BCUT2D eigenvalue weighted by atomic mass is 32.1. The summed E-state index contributed by atoms with van der Waals surface area (Å²) in [7, 11) is -1.43. The zero-order valence-corrected chi connectivity index (χ0v) is 11.6. The molecule has 1 heterocycles. The predicted octanol–water partition coefficient (Wildman–Crippen LogP) is 0.891. The van der Waals surface area contributed by atoms with Gasteiger partial charge in [0.2, 0.25) is 0 Å². The van der Waals surface area contributed by atoms with Crippen LogP contribution in [-0.4, -0.2) is 28.8 Å². The molecule has 2 aromatic rings. The monoisotopic (exact) mass is 277 g/mol. The maximum Gasteiger partial charge on any atom is 0.488 e. The Hall–Kier alpha value is -1.21. The van der Waals surface area contributed by atoms with Gasteiger partial charge < -0.3 is 14.8 Å². The molecule has 0 bridgehead atoms. The van der Waals surface area contributed by atoms with Gasteiger partial charge in [0.15, 0.2) is 0 Å². The summed E-state index contributed by atoms with van der Waals surface area (Å²) in [6, 6.07) is 7.11. The minimum absolute atomic E-state index is 0.471. The van der Waals surface area contributed by atoms with E-state index in [1.807, 2.05) is 18.5 Å². The van der Waals surface area contributed by atoms with Crippen LogP contribution in [0.25, 0.3) is 0 Å².